The Kier molecular flexibility index (Phi) is 8.00. The molecule has 0 aliphatic heterocycles. The summed E-state index contributed by atoms with van der Waals surface area (Å²) < 4.78 is 7.23. The van der Waals surface area contributed by atoms with Crippen LogP contribution in [0.5, 0.6) is 5.75 Å². The van der Waals surface area contributed by atoms with Gasteiger partial charge in [-0.25, -0.2) is 0 Å². The highest BCUT2D eigenvalue weighted by atomic mass is 32.1. The highest BCUT2D eigenvalue weighted by Gasteiger charge is 2.13. The molecule has 0 aliphatic carbocycles. The Morgan fingerprint density at radius 1 is 1.13 bits per heavy atom. The molecule has 1 aromatic heterocycles. The topological polar surface area (TPSA) is 76.1 Å². The molecule has 3 rings (SSSR count). The maximum atomic E-state index is 12.7. The van der Waals surface area contributed by atoms with Crippen molar-refractivity contribution in [2.24, 2.45) is 0 Å². The van der Waals surface area contributed by atoms with Crippen molar-refractivity contribution in [1.29, 1.82) is 0 Å². The van der Waals surface area contributed by atoms with Gasteiger partial charge < -0.3 is 15.0 Å². The van der Waals surface area contributed by atoms with Crippen molar-refractivity contribution in [3.63, 3.8) is 0 Å². The van der Waals surface area contributed by atoms with Crippen molar-refractivity contribution in [2.45, 2.75) is 51.6 Å². The maximum absolute atomic E-state index is 12.7. The van der Waals surface area contributed by atoms with E-state index in [1.807, 2.05) is 42.5 Å². The number of carbonyl (C=O) groups is 1. The number of H-pyrrole nitrogens is 1. The van der Waals surface area contributed by atoms with Gasteiger partial charge in [0.1, 0.15) is 5.75 Å². The summed E-state index contributed by atoms with van der Waals surface area (Å²) in [6, 6.07) is 15.2. The lowest BCUT2D eigenvalue weighted by Gasteiger charge is -2.18. The first-order chi connectivity index (χ1) is 15.0. The third-order valence-electron chi connectivity index (χ3n) is 5.44. The molecule has 0 aliphatic rings. The molecule has 1 amide bonds. The van der Waals surface area contributed by atoms with Crippen LogP contribution in [0.15, 0.2) is 53.3 Å². The number of hydrogen-bond donors (Lipinski definition) is 2. The molecule has 7 heteroatoms. The third kappa shape index (κ3) is 5.82. The lowest BCUT2D eigenvalue weighted by Crippen LogP contribution is -2.27. The van der Waals surface area contributed by atoms with E-state index in [9.17, 15) is 9.59 Å². The lowest BCUT2D eigenvalue weighted by atomic mass is 10.0. The molecular formula is C24H29N3O3S. The van der Waals surface area contributed by atoms with Crippen LogP contribution in [-0.2, 0) is 11.3 Å². The van der Waals surface area contributed by atoms with Crippen molar-refractivity contribution in [2.75, 3.05) is 7.11 Å². The van der Waals surface area contributed by atoms with Gasteiger partial charge in [-0.15, -0.1) is 0 Å². The summed E-state index contributed by atoms with van der Waals surface area (Å²) in [5.41, 5.74) is 1.76. The maximum Gasteiger partial charge on any atom is 0.262 e. The number of fused-ring (bicyclic) bond motifs is 1. The summed E-state index contributed by atoms with van der Waals surface area (Å²) in [5.74, 6) is 0.845. The van der Waals surface area contributed by atoms with Crippen LogP contribution in [0.1, 0.15) is 50.6 Å². The monoisotopic (exact) mass is 439 g/mol. The molecule has 0 saturated heterocycles. The Bertz CT molecular complexity index is 1140. The van der Waals surface area contributed by atoms with Gasteiger partial charge in [-0.3, -0.25) is 14.2 Å². The lowest BCUT2D eigenvalue weighted by molar-refractivity contribution is -0.122. The quantitative estimate of drug-likeness (QED) is 0.348. The van der Waals surface area contributed by atoms with Gasteiger partial charge >= 0.3 is 0 Å². The van der Waals surface area contributed by atoms with Gasteiger partial charge in [0.05, 0.1) is 24.1 Å². The van der Waals surface area contributed by atoms with Crippen LogP contribution in [0.4, 0.5) is 0 Å². The number of ether oxygens (including phenoxy) is 1. The average Bonchev–Trinajstić information content (AvgIpc) is 2.79. The molecule has 0 fully saturated rings. The van der Waals surface area contributed by atoms with Gasteiger partial charge in [0.2, 0.25) is 5.91 Å². The molecule has 0 bridgehead atoms. The second-order valence-electron chi connectivity index (χ2n) is 7.54. The minimum Gasteiger partial charge on any atom is -0.497 e. The van der Waals surface area contributed by atoms with Crippen LogP contribution in [0.2, 0.25) is 0 Å². The number of amides is 1. The molecule has 0 saturated carbocycles. The molecule has 6 nitrogen and oxygen atoms in total. The Morgan fingerprint density at radius 2 is 1.87 bits per heavy atom. The van der Waals surface area contributed by atoms with E-state index < -0.39 is 0 Å². The summed E-state index contributed by atoms with van der Waals surface area (Å²) in [6.45, 7) is 2.60. The van der Waals surface area contributed by atoms with E-state index >= 15 is 0 Å². The summed E-state index contributed by atoms with van der Waals surface area (Å²) in [4.78, 5) is 28.2. The van der Waals surface area contributed by atoms with E-state index in [0.717, 1.165) is 42.5 Å². The number of rotatable bonds is 10. The van der Waals surface area contributed by atoms with Gasteiger partial charge in [0.15, 0.2) is 4.77 Å². The summed E-state index contributed by atoms with van der Waals surface area (Å²) in [5, 5.41) is 3.75. The number of aromatic amines is 1. The van der Waals surface area contributed by atoms with Crippen LogP contribution in [-0.4, -0.2) is 22.6 Å². The number of unbranched alkanes of at least 4 members (excludes halogenated alkanes) is 2. The number of nitrogens with zero attached hydrogens (tertiary/aromatic N) is 1. The van der Waals surface area contributed by atoms with E-state index in [4.69, 9.17) is 17.0 Å². The standard InChI is InChI=1S/C24H29N3O3S/c1-3-20(17-12-14-18(30-2)15-13-17)25-22(28)11-5-4-8-16-27-23(29)19-9-6-7-10-21(19)26-24(27)31/h6-7,9-10,12-15,20H,3-5,8,11,16H2,1-2H3,(H,25,28)(H,26,31)/t20-/m1/s1. The second kappa shape index (κ2) is 10.9. The van der Waals surface area contributed by atoms with Gasteiger partial charge in [0.25, 0.3) is 5.56 Å². The zero-order valence-electron chi connectivity index (χ0n) is 18.0. The molecule has 0 unspecified atom stereocenters. The van der Waals surface area contributed by atoms with Crippen LogP contribution in [0.3, 0.4) is 0 Å². The second-order valence-corrected chi connectivity index (χ2v) is 7.93. The van der Waals surface area contributed by atoms with Gasteiger partial charge in [-0.1, -0.05) is 37.6 Å². The molecular weight excluding hydrogens is 410 g/mol. The van der Waals surface area contributed by atoms with Gasteiger partial charge in [0, 0.05) is 13.0 Å². The number of hydrogen-bond acceptors (Lipinski definition) is 4. The first-order valence-corrected chi connectivity index (χ1v) is 11.1. The zero-order chi connectivity index (χ0) is 22.2. The van der Waals surface area contributed by atoms with Crippen molar-refractivity contribution in [3.05, 3.63) is 69.2 Å². The molecule has 1 heterocycles. The molecule has 0 radical (unpaired) electrons. The van der Waals surface area contributed by atoms with E-state index in [-0.39, 0.29) is 17.5 Å². The smallest absolute Gasteiger partial charge is 0.262 e. The van der Waals surface area contributed by atoms with Crippen molar-refractivity contribution in [1.82, 2.24) is 14.9 Å². The number of benzene rings is 2. The van der Waals surface area contributed by atoms with Crippen LogP contribution in [0, 0.1) is 4.77 Å². The minimum absolute atomic E-state index is 0.00658. The molecule has 1 atom stereocenters. The van der Waals surface area contributed by atoms with E-state index in [0.29, 0.717) is 23.1 Å². The van der Waals surface area contributed by atoms with Crippen molar-refractivity contribution < 1.29 is 9.53 Å². The van der Waals surface area contributed by atoms with Gasteiger partial charge in [-0.2, -0.15) is 0 Å². The number of methoxy groups -OCH3 is 1. The Hall–Kier alpha value is -2.93. The van der Waals surface area contributed by atoms with E-state index in [1.54, 1.807) is 17.7 Å². The number of para-hydroxylation sites is 1. The zero-order valence-corrected chi connectivity index (χ0v) is 18.8. The first-order valence-electron chi connectivity index (χ1n) is 10.7. The summed E-state index contributed by atoms with van der Waals surface area (Å²) >= 11 is 5.34. The van der Waals surface area contributed by atoms with Crippen LogP contribution < -0.4 is 15.6 Å². The first kappa shape index (κ1) is 22.7. The molecule has 2 N–H and O–H groups in total. The molecule has 31 heavy (non-hydrogen) atoms. The number of nitrogens with one attached hydrogen (secondary N) is 2. The Balaban J connectivity index is 1.47. The SMILES string of the molecule is CC[C@@H](NC(=O)CCCCCn1c(=S)[nH]c2ccccc2c1=O)c1ccc(OC)cc1. The average molecular weight is 440 g/mol. The fourth-order valence-electron chi connectivity index (χ4n) is 3.66. The highest BCUT2D eigenvalue weighted by molar-refractivity contribution is 7.71. The van der Waals surface area contributed by atoms with Crippen molar-refractivity contribution >= 4 is 29.0 Å². The molecule has 3 aromatic rings. The third-order valence-corrected chi connectivity index (χ3v) is 5.76. The molecule has 2 aromatic carbocycles. The largest absolute Gasteiger partial charge is 0.497 e. The van der Waals surface area contributed by atoms with Crippen LogP contribution >= 0.6 is 12.2 Å². The number of carbonyl (C=O) groups excluding carboxylic acids is 1. The Morgan fingerprint density at radius 3 is 2.58 bits per heavy atom. The normalized spacial score (nSPS) is 11.9. The molecule has 0 spiro atoms. The van der Waals surface area contributed by atoms with Crippen molar-refractivity contribution in [3.8, 4) is 5.75 Å². The molecule has 164 valence electrons. The van der Waals surface area contributed by atoms with E-state index in [2.05, 4.69) is 17.2 Å². The Labute approximate surface area is 187 Å². The van der Waals surface area contributed by atoms with E-state index in [1.165, 1.54) is 0 Å². The fraction of sp³-hybridized carbons (Fsp3) is 0.375. The number of aromatic nitrogens is 2. The van der Waals surface area contributed by atoms with Gasteiger partial charge in [-0.05, 0) is 61.3 Å². The predicted octanol–water partition coefficient (Wildman–Crippen LogP) is 4.90. The van der Waals surface area contributed by atoms with Crippen LogP contribution in [0.25, 0.3) is 10.9 Å². The fourth-order valence-corrected chi connectivity index (χ4v) is 3.94. The predicted molar refractivity (Wildman–Crippen MR) is 126 cm³/mol. The minimum atomic E-state index is -0.0672. The summed E-state index contributed by atoms with van der Waals surface area (Å²) in [6.07, 6.45) is 3.69. The summed E-state index contributed by atoms with van der Waals surface area (Å²) in [7, 11) is 1.64. The highest BCUT2D eigenvalue weighted by Crippen LogP contribution is 2.20.